The standard InChI is InChI=1S/C10H11O.Li/c1-9-5-2-3-6-10(9)7-4-8-11;/h2-3,5-6H,4,7H2,1H3;/q-1;+1. The Morgan fingerprint density at radius 2 is 2.00 bits per heavy atom. The predicted molar refractivity (Wildman–Crippen MR) is 45.2 cm³/mol. The third kappa shape index (κ3) is 3.26. The monoisotopic (exact) mass is 154 g/mol. The molecule has 0 amide bonds. The molecule has 1 aromatic carbocycles. The summed E-state index contributed by atoms with van der Waals surface area (Å²) in [6.45, 7) is 2.06. The van der Waals surface area contributed by atoms with Crippen LogP contribution in [0.2, 0.25) is 0 Å². The Labute approximate surface area is 85.4 Å². The van der Waals surface area contributed by atoms with E-state index in [2.05, 4.69) is 13.0 Å². The summed E-state index contributed by atoms with van der Waals surface area (Å²) < 4.78 is 0. The molecule has 0 aliphatic heterocycles. The van der Waals surface area contributed by atoms with Gasteiger partial charge in [-0.1, -0.05) is 30.7 Å². The van der Waals surface area contributed by atoms with Gasteiger partial charge in [0.2, 0.25) is 0 Å². The normalized spacial score (nSPS) is 8.75. The second kappa shape index (κ2) is 6.05. The van der Waals surface area contributed by atoms with Gasteiger partial charge in [-0.3, -0.25) is 6.29 Å². The molecule has 0 unspecified atom stereocenters. The minimum absolute atomic E-state index is 0. The summed E-state index contributed by atoms with van der Waals surface area (Å²) in [5.74, 6) is 0. The van der Waals surface area contributed by atoms with E-state index in [0.717, 1.165) is 6.42 Å². The van der Waals surface area contributed by atoms with Crippen molar-refractivity contribution in [1.29, 1.82) is 0 Å². The fourth-order valence-electron chi connectivity index (χ4n) is 1.08. The number of aryl methyl sites for hydroxylation is 2. The summed E-state index contributed by atoms with van der Waals surface area (Å²) in [5, 5.41) is 0. The van der Waals surface area contributed by atoms with Crippen LogP contribution in [0.4, 0.5) is 0 Å². The first-order valence-electron chi connectivity index (χ1n) is 3.74. The SMILES string of the molecule is Cc1ccccc1CC[C-]=O.[Li+]. The molecule has 0 atom stereocenters. The molecular formula is C10H11LiO. The first-order chi connectivity index (χ1) is 5.34. The van der Waals surface area contributed by atoms with Gasteiger partial charge in [-0.15, -0.1) is 6.42 Å². The summed E-state index contributed by atoms with van der Waals surface area (Å²) in [6.07, 6.45) is 3.21. The van der Waals surface area contributed by atoms with Crippen molar-refractivity contribution in [3.05, 3.63) is 35.4 Å². The summed E-state index contributed by atoms with van der Waals surface area (Å²) in [4.78, 5) is 9.96. The second-order valence-electron chi connectivity index (χ2n) is 2.57. The smallest absolute Gasteiger partial charge is 0.542 e. The molecular weight excluding hydrogens is 143 g/mol. The molecule has 1 rings (SSSR count). The molecule has 0 radical (unpaired) electrons. The van der Waals surface area contributed by atoms with E-state index in [1.54, 1.807) is 0 Å². The molecule has 0 saturated heterocycles. The largest absolute Gasteiger partial charge is 1.00 e. The topological polar surface area (TPSA) is 17.1 Å². The number of rotatable bonds is 3. The van der Waals surface area contributed by atoms with Gasteiger partial charge in [0.25, 0.3) is 0 Å². The van der Waals surface area contributed by atoms with E-state index in [9.17, 15) is 4.79 Å². The third-order valence-electron chi connectivity index (χ3n) is 1.76. The van der Waals surface area contributed by atoms with Crippen LogP contribution < -0.4 is 18.9 Å². The van der Waals surface area contributed by atoms with Crippen molar-refractivity contribution >= 4 is 6.29 Å². The maximum atomic E-state index is 9.96. The molecule has 1 aromatic rings. The number of benzene rings is 1. The van der Waals surface area contributed by atoms with Gasteiger partial charge >= 0.3 is 18.9 Å². The van der Waals surface area contributed by atoms with Crippen LogP contribution in [-0.4, -0.2) is 6.29 Å². The van der Waals surface area contributed by atoms with E-state index in [-0.39, 0.29) is 18.9 Å². The minimum atomic E-state index is 0. The van der Waals surface area contributed by atoms with Crippen LogP contribution in [-0.2, 0) is 11.2 Å². The summed E-state index contributed by atoms with van der Waals surface area (Å²) >= 11 is 0. The number of hydrogen-bond donors (Lipinski definition) is 0. The average Bonchev–Trinajstić information content (AvgIpc) is 2.03. The van der Waals surface area contributed by atoms with E-state index in [1.807, 2.05) is 24.5 Å². The van der Waals surface area contributed by atoms with Crippen LogP contribution in [0, 0.1) is 6.92 Å². The van der Waals surface area contributed by atoms with E-state index in [0.29, 0.717) is 6.42 Å². The van der Waals surface area contributed by atoms with Crippen LogP contribution in [0.25, 0.3) is 0 Å². The molecule has 0 fully saturated rings. The predicted octanol–water partition coefficient (Wildman–Crippen LogP) is -0.959. The fourth-order valence-corrected chi connectivity index (χ4v) is 1.08. The fraction of sp³-hybridized carbons (Fsp3) is 0.300. The van der Waals surface area contributed by atoms with Crippen molar-refractivity contribution in [2.75, 3.05) is 0 Å². The molecule has 58 valence electrons. The summed E-state index contributed by atoms with van der Waals surface area (Å²) in [7, 11) is 0. The first kappa shape index (κ1) is 11.5. The van der Waals surface area contributed by atoms with Crippen molar-refractivity contribution in [1.82, 2.24) is 0 Å². The molecule has 1 nitrogen and oxygen atoms in total. The maximum Gasteiger partial charge on any atom is 1.00 e. The van der Waals surface area contributed by atoms with E-state index < -0.39 is 0 Å². The quantitative estimate of drug-likeness (QED) is 0.405. The molecule has 0 N–H and O–H groups in total. The van der Waals surface area contributed by atoms with E-state index in [4.69, 9.17) is 0 Å². The van der Waals surface area contributed by atoms with Gasteiger partial charge in [0, 0.05) is 0 Å². The second-order valence-corrected chi connectivity index (χ2v) is 2.57. The molecule has 0 aliphatic rings. The maximum absolute atomic E-state index is 9.96. The van der Waals surface area contributed by atoms with Crippen molar-refractivity contribution < 1.29 is 23.7 Å². The third-order valence-corrected chi connectivity index (χ3v) is 1.76. The van der Waals surface area contributed by atoms with Gasteiger partial charge in [-0.25, -0.2) is 0 Å². The molecule has 12 heavy (non-hydrogen) atoms. The Morgan fingerprint density at radius 3 is 2.58 bits per heavy atom. The number of carbonyl (C=O) groups excluding carboxylic acids is 1. The summed E-state index contributed by atoms with van der Waals surface area (Å²) in [6, 6.07) is 8.10. The molecule has 0 bridgehead atoms. The van der Waals surface area contributed by atoms with Crippen LogP contribution in [0.5, 0.6) is 0 Å². The molecule has 0 aromatic heterocycles. The zero-order chi connectivity index (χ0) is 8.10. The Hall–Kier alpha value is -0.513. The van der Waals surface area contributed by atoms with Crippen LogP contribution in [0.1, 0.15) is 17.5 Å². The zero-order valence-corrected chi connectivity index (χ0v) is 7.63. The Morgan fingerprint density at radius 1 is 1.33 bits per heavy atom. The zero-order valence-electron chi connectivity index (χ0n) is 7.63. The van der Waals surface area contributed by atoms with Gasteiger partial charge in [-0.05, 0) is 18.1 Å². The van der Waals surface area contributed by atoms with Gasteiger partial charge in [-0.2, -0.15) is 0 Å². The molecule has 0 aliphatic carbocycles. The van der Waals surface area contributed by atoms with Crippen molar-refractivity contribution in [3.63, 3.8) is 0 Å². The molecule has 0 spiro atoms. The van der Waals surface area contributed by atoms with Gasteiger partial charge in [0.05, 0.1) is 0 Å². The van der Waals surface area contributed by atoms with Crippen molar-refractivity contribution in [3.8, 4) is 0 Å². The van der Waals surface area contributed by atoms with Crippen molar-refractivity contribution in [2.45, 2.75) is 19.8 Å². The number of hydrogen-bond acceptors (Lipinski definition) is 1. The first-order valence-corrected chi connectivity index (χ1v) is 3.74. The van der Waals surface area contributed by atoms with Crippen LogP contribution >= 0.6 is 0 Å². The van der Waals surface area contributed by atoms with Crippen LogP contribution in [0.3, 0.4) is 0 Å². The van der Waals surface area contributed by atoms with E-state index in [1.165, 1.54) is 11.1 Å². The van der Waals surface area contributed by atoms with Gasteiger partial charge < -0.3 is 4.79 Å². The Bertz CT molecular complexity index is 245. The molecule has 0 saturated carbocycles. The van der Waals surface area contributed by atoms with E-state index >= 15 is 0 Å². The van der Waals surface area contributed by atoms with Gasteiger partial charge in [0.1, 0.15) is 0 Å². The average molecular weight is 154 g/mol. The Balaban J connectivity index is 0.00000121. The minimum Gasteiger partial charge on any atom is -0.542 e. The van der Waals surface area contributed by atoms with Crippen molar-refractivity contribution in [2.24, 2.45) is 0 Å². The summed E-state index contributed by atoms with van der Waals surface area (Å²) in [5.41, 5.74) is 2.50. The Kier molecular flexibility index (Phi) is 5.80. The van der Waals surface area contributed by atoms with Gasteiger partial charge in [0.15, 0.2) is 0 Å². The molecule has 2 heteroatoms. The van der Waals surface area contributed by atoms with Crippen LogP contribution in [0.15, 0.2) is 24.3 Å². The molecule has 0 heterocycles.